The fraction of sp³-hybridized carbons (Fsp3) is 0.400. The van der Waals surface area contributed by atoms with Crippen molar-refractivity contribution in [3.63, 3.8) is 0 Å². The Morgan fingerprint density at radius 3 is 2.42 bits per heavy atom. The first-order chi connectivity index (χ1) is 15.9. The van der Waals surface area contributed by atoms with E-state index < -0.39 is 10.0 Å². The summed E-state index contributed by atoms with van der Waals surface area (Å²) in [6, 6.07) is 15.2. The monoisotopic (exact) mass is 470 g/mol. The number of ether oxygens (including phenoxy) is 2. The number of hydrogen-bond acceptors (Lipinski definition) is 6. The van der Waals surface area contributed by atoms with E-state index in [9.17, 15) is 8.42 Å². The van der Waals surface area contributed by atoms with E-state index in [-0.39, 0.29) is 24.1 Å². The summed E-state index contributed by atoms with van der Waals surface area (Å²) in [7, 11) is -2.45. The summed E-state index contributed by atoms with van der Waals surface area (Å²) in [5, 5.41) is 3.95. The molecular weight excluding hydrogens is 440 g/mol. The molecule has 0 spiro atoms. The van der Waals surface area contributed by atoms with Crippen molar-refractivity contribution in [2.45, 2.75) is 38.0 Å². The van der Waals surface area contributed by atoms with E-state index in [0.29, 0.717) is 23.4 Å². The quantitative estimate of drug-likeness (QED) is 0.298. The van der Waals surface area contributed by atoms with E-state index in [2.05, 4.69) is 17.3 Å². The van der Waals surface area contributed by atoms with Crippen LogP contribution in [0.5, 0.6) is 0 Å². The van der Waals surface area contributed by atoms with Gasteiger partial charge < -0.3 is 14.0 Å². The van der Waals surface area contributed by atoms with Gasteiger partial charge in [-0.05, 0) is 56.2 Å². The molecule has 0 aliphatic heterocycles. The Balaban J connectivity index is 1.69. The van der Waals surface area contributed by atoms with Gasteiger partial charge in [0.15, 0.2) is 0 Å². The van der Waals surface area contributed by atoms with Gasteiger partial charge in [-0.2, -0.15) is 0 Å². The highest BCUT2D eigenvalue weighted by molar-refractivity contribution is 7.93. The molecule has 1 heterocycles. The molecule has 0 atom stereocenters. The minimum atomic E-state index is -4.01. The number of benzene rings is 2. The molecule has 1 aliphatic carbocycles. The first kappa shape index (κ1) is 23.5. The van der Waals surface area contributed by atoms with Crippen LogP contribution in [-0.2, 0) is 25.9 Å². The number of aromatic nitrogens is 1. The number of hydrogen-bond donors (Lipinski definition) is 0. The standard InChI is InChI=1S/C25H30N2O5S/c1-18-19(2)26-32-25(18)27(17-31-15-14-30-3)33(28,29)24-7-5-4-6-23(24)22-12-10-21(11-13-22)16-20-8-9-20/h4-7,10-13,20H,8-9,14-17H2,1-3H3. The van der Waals surface area contributed by atoms with E-state index in [1.807, 2.05) is 24.3 Å². The predicted molar refractivity (Wildman–Crippen MR) is 127 cm³/mol. The molecule has 2 aromatic carbocycles. The lowest BCUT2D eigenvalue weighted by atomic mass is 10.0. The van der Waals surface area contributed by atoms with E-state index >= 15 is 0 Å². The summed E-state index contributed by atoms with van der Waals surface area (Å²) < 4.78 is 45.0. The molecule has 0 saturated heterocycles. The van der Waals surface area contributed by atoms with Crippen LogP contribution >= 0.6 is 0 Å². The molecule has 0 bridgehead atoms. The van der Waals surface area contributed by atoms with Crippen molar-refractivity contribution in [3.8, 4) is 11.1 Å². The average molecular weight is 471 g/mol. The van der Waals surface area contributed by atoms with Crippen LogP contribution in [0.4, 0.5) is 5.88 Å². The highest BCUT2D eigenvalue weighted by Crippen LogP contribution is 2.35. The van der Waals surface area contributed by atoms with Gasteiger partial charge in [0, 0.05) is 18.2 Å². The van der Waals surface area contributed by atoms with Crippen LogP contribution in [0.2, 0.25) is 0 Å². The van der Waals surface area contributed by atoms with E-state index in [4.69, 9.17) is 14.0 Å². The number of anilines is 1. The van der Waals surface area contributed by atoms with Crippen LogP contribution in [0.3, 0.4) is 0 Å². The van der Waals surface area contributed by atoms with Gasteiger partial charge in [-0.1, -0.05) is 47.6 Å². The molecule has 0 amide bonds. The van der Waals surface area contributed by atoms with Gasteiger partial charge in [0.05, 0.1) is 23.8 Å². The van der Waals surface area contributed by atoms with Crippen molar-refractivity contribution in [1.82, 2.24) is 5.16 Å². The lowest BCUT2D eigenvalue weighted by molar-refractivity contribution is 0.0744. The zero-order chi connectivity index (χ0) is 23.4. The third-order valence-electron chi connectivity index (χ3n) is 5.94. The molecule has 0 radical (unpaired) electrons. The van der Waals surface area contributed by atoms with Gasteiger partial charge in [0.25, 0.3) is 10.0 Å². The summed E-state index contributed by atoms with van der Waals surface area (Å²) in [5.41, 5.74) is 4.03. The lowest BCUT2D eigenvalue weighted by Crippen LogP contribution is -2.34. The number of nitrogens with zero attached hydrogens (tertiary/aromatic N) is 2. The van der Waals surface area contributed by atoms with Gasteiger partial charge in [-0.25, -0.2) is 12.7 Å². The smallest absolute Gasteiger partial charge is 0.269 e. The Labute approximate surface area is 195 Å². The molecule has 176 valence electrons. The molecule has 1 aromatic heterocycles. The summed E-state index contributed by atoms with van der Waals surface area (Å²) in [6.45, 7) is 3.94. The molecule has 0 unspecified atom stereocenters. The van der Waals surface area contributed by atoms with Gasteiger partial charge in [0.1, 0.15) is 6.73 Å². The van der Waals surface area contributed by atoms with E-state index in [1.54, 1.807) is 33.1 Å². The highest BCUT2D eigenvalue weighted by Gasteiger charge is 2.32. The molecule has 1 fully saturated rings. The molecule has 0 N–H and O–H groups in total. The second-order valence-electron chi connectivity index (χ2n) is 8.42. The SMILES string of the molecule is COCCOCN(c1onc(C)c1C)S(=O)(=O)c1ccccc1-c1ccc(CC2CC2)cc1. The van der Waals surface area contributed by atoms with Crippen molar-refractivity contribution in [2.24, 2.45) is 5.92 Å². The summed E-state index contributed by atoms with van der Waals surface area (Å²) >= 11 is 0. The minimum absolute atomic E-state index is 0.152. The van der Waals surface area contributed by atoms with Crippen LogP contribution in [0.25, 0.3) is 11.1 Å². The Morgan fingerprint density at radius 2 is 1.79 bits per heavy atom. The number of sulfonamides is 1. The predicted octanol–water partition coefficient (Wildman–Crippen LogP) is 4.73. The normalized spacial score (nSPS) is 13.9. The van der Waals surface area contributed by atoms with E-state index in [0.717, 1.165) is 22.2 Å². The number of aryl methyl sites for hydroxylation is 1. The molecule has 1 saturated carbocycles. The van der Waals surface area contributed by atoms with Crippen molar-refractivity contribution in [2.75, 3.05) is 31.4 Å². The van der Waals surface area contributed by atoms with Gasteiger partial charge >= 0.3 is 0 Å². The number of methoxy groups -OCH3 is 1. The van der Waals surface area contributed by atoms with Crippen LogP contribution in [-0.4, -0.2) is 40.6 Å². The van der Waals surface area contributed by atoms with Crippen LogP contribution < -0.4 is 4.31 Å². The summed E-state index contributed by atoms with van der Waals surface area (Å²) in [4.78, 5) is 0.184. The zero-order valence-corrected chi connectivity index (χ0v) is 20.1. The van der Waals surface area contributed by atoms with Crippen molar-refractivity contribution < 1.29 is 22.4 Å². The highest BCUT2D eigenvalue weighted by atomic mass is 32.2. The summed E-state index contributed by atoms with van der Waals surface area (Å²) in [6.07, 6.45) is 3.67. The first-order valence-electron chi connectivity index (χ1n) is 11.1. The molecule has 3 aromatic rings. The zero-order valence-electron chi connectivity index (χ0n) is 19.3. The lowest BCUT2D eigenvalue weighted by Gasteiger charge is -2.23. The van der Waals surface area contributed by atoms with Gasteiger partial charge in [-0.15, -0.1) is 0 Å². The maximum absolute atomic E-state index is 13.9. The molecule has 7 nitrogen and oxygen atoms in total. The third-order valence-corrected chi connectivity index (χ3v) is 7.70. The topological polar surface area (TPSA) is 81.9 Å². The first-order valence-corrected chi connectivity index (χ1v) is 12.6. The molecule has 33 heavy (non-hydrogen) atoms. The third kappa shape index (κ3) is 5.29. The van der Waals surface area contributed by atoms with Crippen molar-refractivity contribution in [3.05, 3.63) is 65.4 Å². The fourth-order valence-electron chi connectivity index (χ4n) is 3.69. The van der Waals surface area contributed by atoms with Gasteiger partial charge in [-0.3, -0.25) is 0 Å². The van der Waals surface area contributed by atoms with E-state index in [1.165, 1.54) is 18.4 Å². The van der Waals surface area contributed by atoms with Gasteiger partial charge in [0.2, 0.25) is 5.88 Å². The maximum atomic E-state index is 13.9. The van der Waals surface area contributed by atoms with Crippen LogP contribution in [0.1, 0.15) is 29.7 Å². The Kier molecular flexibility index (Phi) is 7.17. The molecular formula is C25H30N2O5S. The van der Waals surface area contributed by atoms with Crippen LogP contribution in [0.15, 0.2) is 57.9 Å². The number of rotatable bonds is 11. The molecule has 8 heteroatoms. The van der Waals surface area contributed by atoms with Crippen molar-refractivity contribution in [1.29, 1.82) is 0 Å². The van der Waals surface area contributed by atoms with Crippen molar-refractivity contribution >= 4 is 15.9 Å². The Hall–Kier alpha value is -2.68. The maximum Gasteiger partial charge on any atom is 0.269 e. The second-order valence-corrected chi connectivity index (χ2v) is 10.3. The second kappa shape index (κ2) is 10.1. The fourth-order valence-corrected chi connectivity index (χ4v) is 5.24. The Bertz CT molecular complexity index is 1180. The Morgan fingerprint density at radius 1 is 1.06 bits per heavy atom. The molecule has 4 rings (SSSR count). The minimum Gasteiger partial charge on any atom is -0.382 e. The van der Waals surface area contributed by atoms with Crippen LogP contribution in [0, 0.1) is 19.8 Å². The average Bonchev–Trinajstić information content (AvgIpc) is 3.58. The molecule has 1 aliphatic rings. The summed E-state index contributed by atoms with van der Waals surface area (Å²) in [5.74, 6) is 0.947. The largest absolute Gasteiger partial charge is 0.382 e.